The molecular weight excluding hydrogens is 246 g/mol. The van der Waals surface area contributed by atoms with Gasteiger partial charge in [0.25, 0.3) is 0 Å². The van der Waals surface area contributed by atoms with Crippen LogP contribution in [0.3, 0.4) is 0 Å². The van der Waals surface area contributed by atoms with Gasteiger partial charge in [-0.25, -0.2) is 0 Å². The summed E-state index contributed by atoms with van der Waals surface area (Å²) >= 11 is 0. The summed E-state index contributed by atoms with van der Waals surface area (Å²) in [4.78, 5) is 10.5. The van der Waals surface area contributed by atoms with E-state index >= 15 is 0 Å². The maximum Gasteiger partial charge on any atom is 0.320 e. The fourth-order valence-electron chi connectivity index (χ4n) is 1.52. The van der Waals surface area contributed by atoms with Crippen LogP contribution in [0.15, 0.2) is 0 Å². The first-order chi connectivity index (χ1) is 7.41. The van der Waals surface area contributed by atoms with Crippen LogP contribution >= 0.6 is 12.4 Å². The van der Waals surface area contributed by atoms with E-state index in [1.54, 1.807) is 0 Å². The van der Waals surface area contributed by atoms with E-state index in [1.165, 1.54) is 0 Å². The lowest BCUT2D eigenvalue weighted by Gasteiger charge is -2.34. The highest BCUT2D eigenvalue weighted by molar-refractivity contribution is 5.85. The Morgan fingerprint density at radius 3 is 2.47 bits per heavy atom. The summed E-state index contributed by atoms with van der Waals surface area (Å²) in [5.41, 5.74) is 5.47. The summed E-state index contributed by atoms with van der Waals surface area (Å²) < 4.78 is 11.1. The van der Waals surface area contributed by atoms with Gasteiger partial charge in [-0.2, -0.15) is 0 Å². The van der Waals surface area contributed by atoms with E-state index in [0.717, 1.165) is 0 Å². The summed E-state index contributed by atoms with van der Waals surface area (Å²) in [6.07, 6.45) is 1.67. The standard InChI is InChI=1S/C11H21NO4.ClH/c1-11(2)6-15-9(16-7-11)5-3-4-8(12)10(13)14;/h8-9H,3-7,12H2,1-2H3,(H,13,14);1H. The predicted octanol–water partition coefficient (Wildman–Crippen LogP) is 1.39. The van der Waals surface area contributed by atoms with Gasteiger partial charge in [0, 0.05) is 5.41 Å². The molecule has 1 unspecified atom stereocenters. The van der Waals surface area contributed by atoms with Gasteiger partial charge >= 0.3 is 5.97 Å². The van der Waals surface area contributed by atoms with Crippen LogP contribution in [0.2, 0.25) is 0 Å². The van der Waals surface area contributed by atoms with E-state index in [9.17, 15) is 4.79 Å². The molecule has 1 rings (SSSR count). The molecule has 0 aromatic carbocycles. The van der Waals surface area contributed by atoms with Gasteiger partial charge in [-0.3, -0.25) is 4.79 Å². The van der Waals surface area contributed by atoms with Gasteiger partial charge in [0.1, 0.15) is 6.04 Å². The zero-order valence-corrected chi connectivity index (χ0v) is 11.2. The lowest BCUT2D eigenvalue weighted by molar-refractivity contribution is -0.224. The molecule has 1 saturated heterocycles. The molecule has 3 N–H and O–H groups in total. The van der Waals surface area contributed by atoms with Crippen LogP contribution in [0.5, 0.6) is 0 Å². The third-order valence-corrected chi connectivity index (χ3v) is 2.59. The van der Waals surface area contributed by atoms with Gasteiger partial charge in [0.05, 0.1) is 13.2 Å². The molecule has 1 heterocycles. The fraction of sp³-hybridized carbons (Fsp3) is 0.909. The van der Waals surface area contributed by atoms with Gasteiger partial charge < -0.3 is 20.3 Å². The van der Waals surface area contributed by atoms with Gasteiger partial charge in [0.15, 0.2) is 6.29 Å². The molecule has 6 heteroatoms. The third-order valence-electron chi connectivity index (χ3n) is 2.59. The molecule has 0 aromatic heterocycles. The Morgan fingerprint density at radius 2 is 2.00 bits per heavy atom. The molecule has 1 aliphatic rings. The van der Waals surface area contributed by atoms with Crippen LogP contribution in [0, 0.1) is 5.41 Å². The third kappa shape index (κ3) is 6.21. The highest BCUT2D eigenvalue weighted by atomic mass is 35.5. The molecule has 0 saturated carbocycles. The second-order valence-corrected chi connectivity index (χ2v) is 5.09. The second kappa shape index (κ2) is 7.16. The number of ether oxygens (including phenoxy) is 2. The first kappa shape index (κ1) is 16.6. The number of carboxylic acids is 1. The first-order valence-corrected chi connectivity index (χ1v) is 5.62. The highest BCUT2D eigenvalue weighted by Crippen LogP contribution is 2.24. The Hall–Kier alpha value is -0.360. The first-order valence-electron chi connectivity index (χ1n) is 5.62. The van der Waals surface area contributed by atoms with Crippen molar-refractivity contribution in [3.8, 4) is 0 Å². The molecule has 1 atom stereocenters. The molecule has 0 amide bonds. The van der Waals surface area contributed by atoms with E-state index < -0.39 is 12.0 Å². The van der Waals surface area contributed by atoms with Crippen LogP contribution in [-0.2, 0) is 14.3 Å². The van der Waals surface area contributed by atoms with Crippen LogP contribution in [0.4, 0.5) is 0 Å². The number of hydrogen-bond donors (Lipinski definition) is 2. The van der Waals surface area contributed by atoms with Gasteiger partial charge in [-0.05, 0) is 19.3 Å². The molecule has 17 heavy (non-hydrogen) atoms. The van der Waals surface area contributed by atoms with E-state index in [0.29, 0.717) is 32.5 Å². The van der Waals surface area contributed by atoms with Gasteiger partial charge in [-0.1, -0.05) is 13.8 Å². The molecule has 0 spiro atoms. The summed E-state index contributed by atoms with van der Waals surface area (Å²) in [5.74, 6) is -0.952. The minimum atomic E-state index is -0.952. The molecule has 0 bridgehead atoms. The number of nitrogens with two attached hydrogens (primary N) is 1. The number of halogens is 1. The van der Waals surface area contributed by atoms with E-state index in [1.807, 2.05) is 0 Å². The van der Waals surface area contributed by atoms with E-state index in [-0.39, 0.29) is 24.1 Å². The molecule has 0 radical (unpaired) electrons. The molecule has 5 nitrogen and oxygen atoms in total. The van der Waals surface area contributed by atoms with Crippen LogP contribution in [-0.4, -0.2) is 36.6 Å². The summed E-state index contributed by atoms with van der Waals surface area (Å²) in [6, 6.07) is -0.778. The number of carboxylic acid groups (broad SMARTS) is 1. The summed E-state index contributed by atoms with van der Waals surface area (Å²) in [5, 5.41) is 8.60. The smallest absolute Gasteiger partial charge is 0.320 e. The van der Waals surface area contributed by atoms with Crippen molar-refractivity contribution < 1.29 is 19.4 Å². The minimum absolute atomic E-state index is 0. The van der Waals surface area contributed by atoms with Gasteiger partial charge in [-0.15, -0.1) is 12.4 Å². The summed E-state index contributed by atoms with van der Waals surface area (Å²) in [7, 11) is 0. The zero-order chi connectivity index (χ0) is 12.2. The Bertz CT molecular complexity index is 238. The average Bonchev–Trinajstić information content (AvgIpc) is 2.20. The van der Waals surface area contributed by atoms with Crippen LogP contribution in [0.25, 0.3) is 0 Å². The van der Waals surface area contributed by atoms with Crippen LogP contribution in [0.1, 0.15) is 33.1 Å². The lowest BCUT2D eigenvalue weighted by atomic mass is 9.95. The Kier molecular flexibility index (Phi) is 7.01. The Balaban J connectivity index is 0.00000256. The molecule has 102 valence electrons. The number of carbonyl (C=O) groups is 1. The molecular formula is C11H22ClNO4. The van der Waals surface area contributed by atoms with E-state index in [2.05, 4.69) is 13.8 Å². The van der Waals surface area contributed by atoms with Crippen molar-refractivity contribution in [3.63, 3.8) is 0 Å². The lowest BCUT2D eigenvalue weighted by Crippen LogP contribution is -2.38. The van der Waals surface area contributed by atoms with Crippen molar-refractivity contribution in [2.45, 2.75) is 45.4 Å². The quantitative estimate of drug-likeness (QED) is 0.787. The zero-order valence-electron chi connectivity index (χ0n) is 10.3. The predicted molar refractivity (Wildman–Crippen MR) is 66.2 cm³/mol. The molecule has 0 aliphatic carbocycles. The molecule has 0 aromatic rings. The van der Waals surface area contributed by atoms with E-state index in [4.69, 9.17) is 20.3 Å². The maximum absolute atomic E-state index is 10.5. The highest BCUT2D eigenvalue weighted by Gasteiger charge is 2.28. The maximum atomic E-state index is 10.5. The number of aliphatic carboxylic acids is 1. The average molecular weight is 268 g/mol. The fourth-order valence-corrected chi connectivity index (χ4v) is 1.52. The van der Waals surface area contributed by atoms with Crippen molar-refractivity contribution in [1.82, 2.24) is 0 Å². The van der Waals surface area contributed by atoms with Gasteiger partial charge in [0.2, 0.25) is 0 Å². The topological polar surface area (TPSA) is 81.8 Å². The molecule has 1 fully saturated rings. The number of hydrogen-bond acceptors (Lipinski definition) is 4. The van der Waals surface area contributed by atoms with Crippen molar-refractivity contribution in [3.05, 3.63) is 0 Å². The SMILES string of the molecule is CC1(C)COC(CCCC(N)C(=O)O)OC1.Cl. The van der Waals surface area contributed by atoms with Crippen molar-refractivity contribution in [2.24, 2.45) is 11.1 Å². The molecule has 1 aliphatic heterocycles. The normalized spacial score (nSPS) is 21.6. The number of rotatable bonds is 5. The Morgan fingerprint density at radius 1 is 1.47 bits per heavy atom. The largest absolute Gasteiger partial charge is 0.480 e. The van der Waals surface area contributed by atoms with Crippen molar-refractivity contribution in [1.29, 1.82) is 0 Å². The monoisotopic (exact) mass is 267 g/mol. The second-order valence-electron chi connectivity index (χ2n) is 5.09. The van der Waals surface area contributed by atoms with Crippen molar-refractivity contribution >= 4 is 18.4 Å². The van der Waals surface area contributed by atoms with Crippen molar-refractivity contribution in [2.75, 3.05) is 13.2 Å². The Labute approximate surface area is 108 Å². The summed E-state index contributed by atoms with van der Waals surface area (Å²) in [6.45, 7) is 5.54. The minimum Gasteiger partial charge on any atom is -0.480 e. The van der Waals surface area contributed by atoms with Crippen LogP contribution < -0.4 is 5.73 Å².